The molecule has 2 unspecified atom stereocenters. The van der Waals surface area contributed by atoms with E-state index in [1.807, 2.05) is 0 Å². The van der Waals surface area contributed by atoms with Crippen LogP contribution in [0.3, 0.4) is 0 Å². The number of hydrogen-bond acceptors (Lipinski definition) is 17. The van der Waals surface area contributed by atoms with E-state index in [9.17, 15) is 19.7 Å². The Kier molecular flexibility index (Phi) is 9.43. The molecule has 2 aliphatic rings. The first-order valence-corrected chi connectivity index (χ1v) is 18.7. The molecule has 9 atom stereocenters. The van der Waals surface area contributed by atoms with Gasteiger partial charge >= 0.3 is 12.6 Å². The van der Waals surface area contributed by atoms with Gasteiger partial charge in [0, 0.05) is 7.11 Å². The van der Waals surface area contributed by atoms with Gasteiger partial charge in [-0.05, 0) is 30.5 Å². The third kappa shape index (κ3) is 6.14. The molecule has 4 aromatic rings. The number of methoxy groups -OCH3 is 1. The van der Waals surface area contributed by atoms with Gasteiger partial charge in [-0.1, -0.05) is 0 Å². The highest BCUT2D eigenvalue weighted by Gasteiger charge is 2.62. The minimum atomic E-state index is -4.65. The summed E-state index contributed by atoms with van der Waals surface area (Å²) in [6, 6.07) is 0. The molecule has 2 aliphatic heterocycles. The third-order valence-corrected chi connectivity index (χ3v) is 10.0. The van der Waals surface area contributed by atoms with Gasteiger partial charge in [0.25, 0.3) is 5.56 Å². The van der Waals surface area contributed by atoms with Gasteiger partial charge in [0.1, 0.15) is 35.8 Å². The van der Waals surface area contributed by atoms with E-state index in [1.54, 1.807) is 0 Å². The second-order valence-corrected chi connectivity index (χ2v) is 15.4. The zero-order valence-corrected chi connectivity index (χ0v) is 28.1. The predicted molar refractivity (Wildman–Crippen MR) is 168 cm³/mol. The van der Waals surface area contributed by atoms with Crippen molar-refractivity contribution >= 4 is 71.6 Å². The van der Waals surface area contributed by atoms with Crippen LogP contribution < -0.4 is 17.0 Å². The smallest absolute Gasteiger partial charge is 0.325 e. The summed E-state index contributed by atoms with van der Waals surface area (Å²) in [7, 11) is -1.48. The van der Waals surface area contributed by atoms with Gasteiger partial charge in [-0.15, -0.1) is 0 Å². The van der Waals surface area contributed by atoms with Crippen molar-refractivity contribution in [2.45, 2.75) is 55.3 Å². The molecule has 0 aliphatic carbocycles. The number of halogens is 2. The zero-order valence-electron chi connectivity index (χ0n) is 24.6. The quantitative estimate of drug-likeness (QED) is 0.105. The molecule has 2 saturated heterocycles. The number of aliphatic hydroxyl groups is 1. The van der Waals surface area contributed by atoms with Gasteiger partial charge in [-0.25, -0.2) is 28.7 Å². The maximum atomic E-state index is 15.6. The molecule has 8 N–H and O–H groups in total. The number of anilines is 2. The van der Waals surface area contributed by atoms with Crippen LogP contribution in [-0.4, -0.2) is 110 Å². The average molecular weight is 757 g/mol. The first kappa shape index (κ1) is 35.1. The number of fused-ring (bicyclic) bond motifs is 2. The van der Waals surface area contributed by atoms with E-state index >= 15 is 8.78 Å². The monoisotopic (exact) mass is 756 g/mol. The topological polar surface area (TPSA) is 275 Å². The standard InChI is InChI=1S/C22H28F2N10O10P2S2/c1-21(12(43-45(37)47)11(39-2)18(42-21)33-6-29-9-14(25)27-5-28-15(9)33)4-40-46(38,48)44-13-19(41-8(3-35)22(13,23)24)34-7-30-10-16(34)31-20(26)32-17(10)36/h5-8,11-13,18-19,35,45H,3-4H2,1-2H3,(H,37,47)(H,38,48)(H2,25,27,28)(H3,26,31,32,36)/t8-,11-,12+,13+,18+,19-,21-,46?/m1/s1. The minimum absolute atomic E-state index is 0.0957. The molecule has 0 bridgehead atoms. The van der Waals surface area contributed by atoms with E-state index in [0.29, 0.717) is 0 Å². The van der Waals surface area contributed by atoms with Gasteiger partial charge in [0.2, 0.25) is 5.95 Å². The molecule has 26 heteroatoms. The van der Waals surface area contributed by atoms with Crippen molar-refractivity contribution in [2.75, 3.05) is 31.8 Å². The number of imidazole rings is 2. The highest BCUT2D eigenvalue weighted by Crippen LogP contribution is 2.55. The fourth-order valence-corrected chi connectivity index (χ4v) is 7.91. The lowest BCUT2D eigenvalue weighted by Gasteiger charge is -2.33. The van der Waals surface area contributed by atoms with Gasteiger partial charge in [0.05, 0.1) is 25.9 Å². The highest BCUT2D eigenvalue weighted by atomic mass is 32.5. The Labute approximate surface area is 278 Å². The lowest BCUT2D eigenvalue weighted by atomic mass is 9.98. The summed E-state index contributed by atoms with van der Waals surface area (Å²) in [6.45, 7) is -5.01. The summed E-state index contributed by atoms with van der Waals surface area (Å²) in [5.74, 6) is -4.21. The normalized spacial score (nSPS) is 30.6. The summed E-state index contributed by atoms with van der Waals surface area (Å²) in [4.78, 5) is 55.9. The first-order valence-electron chi connectivity index (χ1n) is 13.7. The number of nitrogens with zero attached hydrogens (tertiary/aromatic N) is 7. The molecule has 0 radical (unpaired) electrons. The van der Waals surface area contributed by atoms with Gasteiger partial charge in [0.15, 0.2) is 48.3 Å². The third-order valence-electron chi connectivity index (χ3n) is 7.76. The molecule has 2 fully saturated rings. The van der Waals surface area contributed by atoms with Crippen LogP contribution in [0.15, 0.2) is 23.8 Å². The SMILES string of the molecule is CO[C@H]1[C@@H](n2cnc3c(N)ncnc32)O[C@](C)(COP(O)(=S)O[C@H]2[C@H](n3cnc4c(=O)[nH]c(N)nc43)O[C@H](CO)C2(F)F)[C@H]1O[PH](O)=S. The molecule has 0 aromatic carbocycles. The van der Waals surface area contributed by atoms with Crippen LogP contribution in [-0.2, 0) is 51.4 Å². The molecular weight excluding hydrogens is 728 g/mol. The minimum Gasteiger partial charge on any atom is -0.393 e. The number of ether oxygens (including phenoxy) is 3. The average Bonchev–Trinajstić information content (AvgIpc) is 3.75. The molecule has 48 heavy (non-hydrogen) atoms. The first-order chi connectivity index (χ1) is 22.6. The van der Waals surface area contributed by atoms with Crippen LogP contribution in [0.1, 0.15) is 19.4 Å². The number of alkyl halides is 2. The van der Waals surface area contributed by atoms with E-state index in [2.05, 4.69) is 29.9 Å². The van der Waals surface area contributed by atoms with Crippen molar-refractivity contribution < 1.29 is 51.5 Å². The van der Waals surface area contributed by atoms with E-state index in [0.717, 1.165) is 10.9 Å². The van der Waals surface area contributed by atoms with Crippen molar-refractivity contribution in [3.05, 3.63) is 29.3 Å². The number of nitrogens with two attached hydrogens (primary N) is 2. The molecule has 6 rings (SSSR count). The Balaban J connectivity index is 1.29. The van der Waals surface area contributed by atoms with Crippen LogP contribution in [0.5, 0.6) is 0 Å². The number of H-pyrrole nitrogens is 1. The summed E-state index contributed by atoms with van der Waals surface area (Å²) in [6.07, 6.45) is -6.02. The fraction of sp³-hybridized carbons (Fsp3) is 0.545. The summed E-state index contributed by atoms with van der Waals surface area (Å²) in [5, 5.41) is 9.67. The Morgan fingerprint density at radius 2 is 1.83 bits per heavy atom. The van der Waals surface area contributed by atoms with Gasteiger partial charge in [-0.3, -0.25) is 23.4 Å². The second kappa shape index (κ2) is 12.9. The molecule has 262 valence electrons. The van der Waals surface area contributed by atoms with Crippen molar-refractivity contribution in [3.8, 4) is 0 Å². The molecule has 0 saturated carbocycles. The molecule has 20 nitrogen and oxygen atoms in total. The highest BCUT2D eigenvalue weighted by molar-refractivity contribution is 8.07. The molecular formula is C22H28F2N10O10P2S2. The van der Waals surface area contributed by atoms with Crippen LogP contribution >= 0.6 is 13.9 Å². The number of nitrogens with one attached hydrogen (secondary N) is 1. The van der Waals surface area contributed by atoms with Crippen molar-refractivity contribution in [2.24, 2.45) is 0 Å². The number of aromatic amines is 1. The summed E-state index contributed by atoms with van der Waals surface area (Å²) >= 11 is 10.1. The Hall–Kier alpha value is -2.70. The lowest BCUT2D eigenvalue weighted by Crippen LogP contribution is -2.46. The number of rotatable bonds is 11. The summed E-state index contributed by atoms with van der Waals surface area (Å²) < 4.78 is 67.6. The Bertz CT molecular complexity index is 1990. The summed E-state index contributed by atoms with van der Waals surface area (Å²) in [5.41, 5.74) is 9.20. The van der Waals surface area contributed by atoms with Crippen LogP contribution in [0.25, 0.3) is 22.3 Å². The fourth-order valence-electron chi connectivity index (χ4n) is 5.55. The van der Waals surface area contributed by atoms with Crippen molar-refractivity contribution in [1.82, 2.24) is 39.0 Å². The molecule has 0 spiro atoms. The number of nitrogen functional groups attached to an aromatic ring is 2. The van der Waals surface area contributed by atoms with Crippen molar-refractivity contribution in [3.63, 3.8) is 0 Å². The van der Waals surface area contributed by atoms with E-state index in [1.165, 1.54) is 31.3 Å². The molecule has 0 amide bonds. The lowest BCUT2D eigenvalue weighted by molar-refractivity contribution is -0.125. The van der Waals surface area contributed by atoms with E-state index in [4.69, 9.17) is 62.9 Å². The number of aromatic nitrogens is 8. The van der Waals surface area contributed by atoms with Gasteiger partial charge < -0.3 is 49.6 Å². The van der Waals surface area contributed by atoms with Crippen LogP contribution in [0.4, 0.5) is 20.5 Å². The van der Waals surface area contributed by atoms with Gasteiger partial charge in [-0.2, -0.15) is 4.98 Å². The Morgan fingerprint density at radius 3 is 2.50 bits per heavy atom. The Morgan fingerprint density at radius 1 is 1.15 bits per heavy atom. The molecule has 4 aromatic heterocycles. The largest absolute Gasteiger partial charge is 0.393 e. The molecule has 6 heterocycles. The predicted octanol–water partition coefficient (Wildman–Crippen LogP) is -0.546. The second-order valence-electron chi connectivity index (χ2n) is 10.8. The maximum absolute atomic E-state index is 15.6. The van der Waals surface area contributed by atoms with Crippen LogP contribution in [0, 0.1) is 0 Å². The van der Waals surface area contributed by atoms with Crippen molar-refractivity contribution in [1.29, 1.82) is 0 Å². The van der Waals surface area contributed by atoms with E-state index < -0.39 is 81.0 Å². The maximum Gasteiger partial charge on any atom is 0.325 e. The number of aliphatic hydroxyl groups excluding tert-OH is 1. The van der Waals surface area contributed by atoms with E-state index in [-0.39, 0.29) is 34.1 Å². The van der Waals surface area contributed by atoms with Crippen LogP contribution in [0.2, 0.25) is 0 Å². The number of hydrogen-bond donors (Lipinski definition) is 6. The zero-order chi connectivity index (χ0) is 34.8.